The van der Waals surface area contributed by atoms with Crippen molar-refractivity contribution in [3.8, 4) is 0 Å². The van der Waals surface area contributed by atoms with Gasteiger partial charge in [-0.2, -0.15) is 0 Å². The van der Waals surface area contributed by atoms with Crippen molar-refractivity contribution in [1.82, 2.24) is 0 Å². The first-order valence-electron chi connectivity index (χ1n) is 8.86. The first-order valence-corrected chi connectivity index (χ1v) is 8.86. The third kappa shape index (κ3) is 3.04. The van der Waals surface area contributed by atoms with Crippen molar-refractivity contribution in [2.24, 2.45) is 16.4 Å². The van der Waals surface area contributed by atoms with Gasteiger partial charge >= 0.3 is 0 Å². The van der Waals surface area contributed by atoms with Gasteiger partial charge in [-0.3, -0.25) is 0 Å². The van der Waals surface area contributed by atoms with Crippen LogP contribution in [0.2, 0.25) is 0 Å². The van der Waals surface area contributed by atoms with Crippen LogP contribution in [0, 0.1) is 11.3 Å². The molecule has 4 aliphatic carbocycles. The quantitative estimate of drug-likeness (QED) is 0.322. The fourth-order valence-electron chi connectivity index (χ4n) is 5.63. The Morgan fingerprint density at radius 2 is 1.88 bits per heavy atom. The van der Waals surface area contributed by atoms with E-state index in [0.717, 1.165) is 25.7 Å². The van der Waals surface area contributed by atoms with Crippen LogP contribution < -0.4 is 0 Å². The molecule has 136 valence electrons. The summed E-state index contributed by atoms with van der Waals surface area (Å²) in [7, 11) is 1.60. The summed E-state index contributed by atoms with van der Waals surface area (Å²) in [4.78, 5) is 2.87. The highest BCUT2D eigenvalue weighted by Gasteiger charge is 2.64. The van der Waals surface area contributed by atoms with Crippen LogP contribution in [0.5, 0.6) is 0 Å². The van der Waals surface area contributed by atoms with Crippen molar-refractivity contribution >= 4 is 0 Å². The van der Waals surface area contributed by atoms with Crippen LogP contribution in [0.25, 0.3) is 10.4 Å². The number of rotatable bonds is 7. The Morgan fingerprint density at radius 3 is 2.33 bits per heavy atom. The Morgan fingerprint density at radius 1 is 1.25 bits per heavy atom. The van der Waals surface area contributed by atoms with Gasteiger partial charge in [-0.1, -0.05) is 19.0 Å². The van der Waals surface area contributed by atoms with Crippen LogP contribution in [-0.4, -0.2) is 47.0 Å². The lowest BCUT2D eigenvalue weighted by molar-refractivity contribution is -0.322. The smallest absolute Gasteiger partial charge is 0.163 e. The van der Waals surface area contributed by atoms with E-state index in [1.807, 2.05) is 13.8 Å². The Labute approximate surface area is 143 Å². The summed E-state index contributed by atoms with van der Waals surface area (Å²) in [5.74, 6) is 0.291. The molecule has 24 heavy (non-hydrogen) atoms. The molecule has 0 aromatic carbocycles. The maximum atomic E-state index is 10.9. The molecule has 4 fully saturated rings. The van der Waals surface area contributed by atoms with Crippen molar-refractivity contribution in [1.29, 1.82) is 0 Å². The maximum absolute atomic E-state index is 10.9. The van der Waals surface area contributed by atoms with Crippen molar-refractivity contribution in [2.75, 3.05) is 13.7 Å². The molecule has 4 unspecified atom stereocenters. The highest BCUT2D eigenvalue weighted by molar-refractivity contribution is 5.16. The standard InChI is InChI=1S/C17H29N3O4/c1-4-14(2,11-19-20-18)13(23-3)24-17-7-12-5-15(21,9-17)8-16(22,6-12)10-17/h12-13,21-22H,4-11H2,1-3H3. The Kier molecular flexibility index (Phi) is 4.38. The maximum Gasteiger partial charge on any atom is 0.163 e. The number of aliphatic hydroxyl groups is 2. The lowest BCUT2D eigenvalue weighted by atomic mass is 9.50. The average Bonchev–Trinajstić information content (AvgIpc) is 2.46. The van der Waals surface area contributed by atoms with Crippen LogP contribution in [0.4, 0.5) is 0 Å². The molecule has 0 aromatic rings. The molecule has 0 radical (unpaired) electrons. The minimum absolute atomic E-state index is 0.284. The molecule has 0 amide bonds. The zero-order valence-electron chi connectivity index (χ0n) is 14.9. The van der Waals surface area contributed by atoms with Gasteiger partial charge in [-0.05, 0) is 37.1 Å². The average molecular weight is 339 g/mol. The third-order valence-electron chi connectivity index (χ3n) is 6.40. The predicted octanol–water partition coefficient (Wildman–Crippen LogP) is 2.90. The van der Waals surface area contributed by atoms with Crippen LogP contribution in [0.1, 0.15) is 58.8 Å². The highest BCUT2D eigenvalue weighted by Crippen LogP contribution is 2.61. The minimum Gasteiger partial charge on any atom is -0.390 e. The molecule has 7 heteroatoms. The molecule has 4 rings (SSSR count). The molecular formula is C17H29N3O4. The Bertz CT molecular complexity index is 532. The third-order valence-corrected chi connectivity index (χ3v) is 6.40. The molecule has 4 bridgehead atoms. The van der Waals surface area contributed by atoms with Crippen molar-refractivity contribution in [2.45, 2.75) is 81.9 Å². The van der Waals surface area contributed by atoms with Gasteiger partial charge in [-0.25, -0.2) is 0 Å². The molecule has 0 heterocycles. The topological polar surface area (TPSA) is 108 Å². The van der Waals surface area contributed by atoms with Crippen LogP contribution in [-0.2, 0) is 9.47 Å². The molecule has 4 aliphatic rings. The van der Waals surface area contributed by atoms with Crippen LogP contribution in [0.15, 0.2) is 5.11 Å². The fraction of sp³-hybridized carbons (Fsp3) is 1.00. The van der Waals surface area contributed by atoms with Gasteiger partial charge in [0.15, 0.2) is 6.29 Å². The van der Waals surface area contributed by atoms with Gasteiger partial charge in [0.25, 0.3) is 0 Å². The summed E-state index contributed by atoms with van der Waals surface area (Å²) in [6.07, 6.45) is 4.07. The van der Waals surface area contributed by atoms with Crippen LogP contribution in [0.3, 0.4) is 0 Å². The van der Waals surface area contributed by atoms with E-state index in [1.54, 1.807) is 7.11 Å². The molecule has 0 aliphatic heterocycles. The first-order chi connectivity index (χ1) is 11.2. The van der Waals surface area contributed by atoms with E-state index in [9.17, 15) is 10.2 Å². The van der Waals surface area contributed by atoms with E-state index < -0.39 is 28.5 Å². The summed E-state index contributed by atoms with van der Waals surface area (Å²) in [5.41, 5.74) is 5.99. The van der Waals surface area contributed by atoms with Gasteiger partial charge in [0, 0.05) is 43.2 Å². The second-order valence-corrected chi connectivity index (χ2v) is 8.72. The summed E-state index contributed by atoms with van der Waals surface area (Å²) >= 11 is 0. The van der Waals surface area contributed by atoms with E-state index >= 15 is 0 Å². The predicted molar refractivity (Wildman–Crippen MR) is 88.1 cm³/mol. The molecule has 4 saturated carbocycles. The summed E-state index contributed by atoms with van der Waals surface area (Å²) in [6.45, 7) is 4.29. The van der Waals surface area contributed by atoms with Gasteiger partial charge in [0.05, 0.1) is 16.8 Å². The number of azide groups is 1. The largest absolute Gasteiger partial charge is 0.390 e. The lowest BCUT2D eigenvalue weighted by Gasteiger charge is -2.63. The van der Waals surface area contributed by atoms with E-state index in [0.29, 0.717) is 25.2 Å². The van der Waals surface area contributed by atoms with Crippen molar-refractivity contribution in [3.63, 3.8) is 0 Å². The SMILES string of the molecule is CCC(C)(CN=[N+]=[N-])C(OC)OC12CC3CC(O)(CC(O)(C3)C1)C2. The lowest BCUT2D eigenvalue weighted by Crippen LogP contribution is -2.67. The van der Waals surface area contributed by atoms with Gasteiger partial charge in [0.1, 0.15) is 0 Å². The normalized spacial score (nSPS) is 44.0. The molecule has 4 atom stereocenters. The van der Waals surface area contributed by atoms with Gasteiger partial charge in [0.2, 0.25) is 0 Å². The second-order valence-electron chi connectivity index (χ2n) is 8.72. The highest BCUT2D eigenvalue weighted by atomic mass is 16.7. The monoisotopic (exact) mass is 339 g/mol. The minimum atomic E-state index is -0.833. The van der Waals surface area contributed by atoms with Crippen molar-refractivity contribution < 1.29 is 19.7 Å². The summed E-state index contributed by atoms with van der Waals surface area (Å²) in [6, 6.07) is 0. The van der Waals surface area contributed by atoms with Crippen LogP contribution >= 0.6 is 0 Å². The van der Waals surface area contributed by atoms with E-state index in [1.165, 1.54) is 0 Å². The molecule has 0 spiro atoms. The number of hydrogen-bond acceptors (Lipinski definition) is 5. The molecule has 0 saturated heterocycles. The molecule has 7 nitrogen and oxygen atoms in total. The molecule has 0 aromatic heterocycles. The summed E-state index contributed by atoms with van der Waals surface area (Å²) in [5, 5.41) is 25.5. The Hall–Kier alpha value is -0.850. The number of nitrogens with zero attached hydrogens (tertiary/aromatic N) is 3. The number of methoxy groups -OCH3 is 1. The van der Waals surface area contributed by atoms with E-state index in [4.69, 9.17) is 15.0 Å². The summed E-state index contributed by atoms with van der Waals surface area (Å²) < 4.78 is 12.1. The Balaban J connectivity index is 1.84. The second kappa shape index (κ2) is 5.85. The zero-order chi connectivity index (χ0) is 17.6. The van der Waals surface area contributed by atoms with E-state index in [-0.39, 0.29) is 6.54 Å². The van der Waals surface area contributed by atoms with E-state index in [2.05, 4.69) is 10.0 Å². The van der Waals surface area contributed by atoms with Gasteiger partial charge < -0.3 is 19.7 Å². The van der Waals surface area contributed by atoms with Crippen molar-refractivity contribution in [3.05, 3.63) is 10.4 Å². The zero-order valence-corrected chi connectivity index (χ0v) is 14.9. The van der Waals surface area contributed by atoms with Gasteiger partial charge in [-0.15, -0.1) is 0 Å². The fourth-order valence-corrected chi connectivity index (χ4v) is 5.63. The number of hydrogen-bond donors (Lipinski definition) is 2. The first kappa shape index (κ1) is 18.0. The molecular weight excluding hydrogens is 310 g/mol. The molecule has 2 N–H and O–H groups in total. The number of ether oxygens (including phenoxy) is 2.